The molecule has 0 spiro atoms. The van der Waals surface area contributed by atoms with Crippen LogP contribution in [0.5, 0.6) is 0 Å². The zero-order valence-electron chi connectivity index (χ0n) is 5.01. The van der Waals surface area contributed by atoms with Crippen LogP contribution >= 0.6 is 7.82 Å². The van der Waals surface area contributed by atoms with Crippen molar-refractivity contribution in [3.05, 3.63) is 0 Å². The molecule has 10 heteroatoms. The zero-order valence-corrected chi connectivity index (χ0v) is 12.4. The van der Waals surface area contributed by atoms with Crippen LogP contribution in [-0.4, -0.2) is 48.1 Å². The van der Waals surface area contributed by atoms with Gasteiger partial charge in [-0.3, -0.25) is 0 Å². The molecule has 0 amide bonds. The molecule has 0 bridgehead atoms. The van der Waals surface area contributed by atoms with Gasteiger partial charge in [0.15, 0.2) is 0 Å². The third kappa shape index (κ3) is 108. The van der Waals surface area contributed by atoms with Crippen LogP contribution in [0, 0.1) is 0 Å². The average molecular weight is 287 g/mol. The predicted octanol–water partition coefficient (Wildman–Crippen LogP) is -5.75. The summed E-state index contributed by atoms with van der Waals surface area (Å²) in [5, 5.41) is 0. The van der Waals surface area contributed by atoms with E-state index in [1.54, 1.807) is 0 Å². The molecule has 0 radical (unpaired) electrons. The third-order valence-corrected chi connectivity index (χ3v) is 0. The molecule has 0 rings (SSSR count). The molecular formula is H2CaFeMnNaO5P. The van der Waals surface area contributed by atoms with E-state index in [0.717, 1.165) is 0 Å². The molecule has 0 aliphatic rings. The molecule has 2 N–H and O–H groups in total. The number of phosphoric acid groups is 1. The molecular weight excluding hydrogens is 285 g/mol. The molecule has 0 aliphatic heterocycles. The molecule has 0 saturated heterocycles. The van der Waals surface area contributed by atoms with E-state index in [1.165, 1.54) is 0 Å². The van der Waals surface area contributed by atoms with Gasteiger partial charge in [0.1, 0.15) is 0 Å². The maximum Gasteiger partial charge on any atom is 1.00 e. The standard InChI is InChI=1S/Ca.Fe.Mn.Na.H3O4P.H2O/c;;;;1-5(2,3)4;/h;;;;(H3,1,2,3,4);1H2/q+2;;;+1;;/p-3. The molecule has 0 saturated carbocycles. The van der Waals surface area contributed by atoms with Gasteiger partial charge in [-0.2, -0.15) is 0 Å². The van der Waals surface area contributed by atoms with Gasteiger partial charge in [0.25, 0.3) is 0 Å². The Morgan fingerprint density at radius 2 is 1.40 bits per heavy atom. The fourth-order valence-corrected chi connectivity index (χ4v) is 0. The van der Waals surface area contributed by atoms with Crippen LogP contribution in [0.4, 0.5) is 0 Å². The van der Waals surface area contributed by atoms with E-state index in [4.69, 9.17) is 19.2 Å². The minimum absolute atomic E-state index is 0. The number of hydrogen-bond donors (Lipinski definition) is 1. The molecule has 10 heavy (non-hydrogen) atoms. The summed E-state index contributed by atoms with van der Waals surface area (Å²) < 4.78 is 8.66. The van der Waals surface area contributed by atoms with Gasteiger partial charge in [-0.15, -0.1) is 0 Å². The van der Waals surface area contributed by atoms with Crippen molar-refractivity contribution in [1.29, 1.82) is 0 Å². The Morgan fingerprint density at radius 3 is 1.40 bits per heavy atom. The normalized spacial score (nSPS) is 6.50. The van der Waals surface area contributed by atoms with Crippen molar-refractivity contribution in [2.75, 3.05) is 0 Å². The van der Waals surface area contributed by atoms with Crippen LogP contribution in [-0.2, 0) is 32.9 Å². The fourth-order valence-electron chi connectivity index (χ4n) is 0. The van der Waals surface area contributed by atoms with E-state index in [-0.39, 0.29) is 72.8 Å². The largest absolute Gasteiger partial charge is 1.00 e. The molecule has 0 aliphatic carbocycles. The van der Waals surface area contributed by atoms with E-state index < -0.39 is 7.82 Å². The number of rotatable bonds is 0. The first-order valence-corrected chi connectivity index (χ1v) is 4.51. The quantitative estimate of drug-likeness (QED) is 0.352. The van der Waals surface area contributed by atoms with Gasteiger partial charge >= 0.3 is 95.7 Å². The maximum absolute atomic E-state index is 8.66. The monoisotopic (exact) mass is 287 g/mol. The molecule has 0 aromatic rings. The summed E-state index contributed by atoms with van der Waals surface area (Å²) in [5.74, 6) is 0. The number of hydrogen-bond acceptors (Lipinski definition) is 4. The Labute approximate surface area is 126 Å². The minimum atomic E-state index is -5.14. The van der Waals surface area contributed by atoms with Crippen molar-refractivity contribution >= 4 is 45.6 Å². The first kappa shape index (κ1) is 29.2. The molecule has 0 aromatic carbocycles. The Morgan fingerprint density at radius 1 is 1.40 bits per heavy atom. The van der Waals surface area contributed by atoms with E-state index >= 15 is 0 Å². The summed E-state index contributed by atoms with van der Waals surface area (Å²) >= 11 is 5.75. The second kappa shape index (κ2) is 18.2. The van der Waals surface area contributed by atoms with E-state index in [2.05, 4.69) is 28.4 Å². The summed E-state index contributed by atoms with van der Waals surface area (Å²) in [6.07, 6.45) is 0. The Kier molecular flexibility index (Phi) is 53.2. The van der Waals surface area contributed by atoms with Crippen molar-refractivity contribution in [2.24, 2.45) is 0 Å². The van der Waals surface area contributed by atoms with Gasteiger partial charge in [0.05, 0.1) is 7.82 Å². The molecule has 0 aromatic heterocycles. The summed E-state index contributed by atoms with van der Waals surface area (Å²) in [6.45, 7) is 0. The van der Waals surface area contributed by atoms with Gasteiger partial charge in [-0.1, -0.05) is 0 Å². The summed E-state index contributed by atoms with van der Waals surface area (Å²) in [6, 6.07) is 0. The molecule has 0 atom stereocenters. The smallest absolute Gasteiger partial charge is 0.870 e. The average Bonchev–Trinajstić information content (AvgIpc) is 1.36. The zero-order chi connectivity index (χ0) is 6.50. The van der Waals surface area contributed by atoms with Crippen LogP contribution in [0.25, 0.3) is 0 Å². The first-order valence-electron chi connectivity index (χ1n) is 0.881. The first-order chi connectivity index (χ1) is 3.00. The van der Waals surface area contributed by atoms with Gasteiger partial charge < -0.3 is 24.7 Å². The van der Waals surface area contributed by atoms with Crippen molar-refractivity contribution in [3.8, 4) is 0 Å². The topological polar surface area (TPSA) is 113 Å². The second-order valence-corrected chi connectivity index (χ2v) is 1.41. The van der Waals surface area contributed by atoms with Crippen LogP contribution in [0.15, 0.2) is 0 Å². The second-order valence-electron chi connectivity index (χ2n) is 0.469. The van der Waals surface area contributed by atoms with Gasteiger partial charge in [-0.05, 0) is 0 Å². The van der Waals surface area contributed by atoms with Crippen molar-refractivity contribution in [2.45, 2.75) is 0 Å². The Hall–Kier alpha value is 3.37. The molecule has 5 nitrogen and oxygen atoms in total. The molecule has 55 valence electrons. The van der Waals surface area contributed by atoms with Crippen LogP contribution in [0.2, 0.25) is 0 Å². The van der Waals surface area contributed by atoms with E-state index in [0.29, 0.717) is 0 Å². The molecule has 0 heterocycles. The Bertz CT molecular complexity index is 67.8. The van der Waals surface area contributed by atoms with Crippen molar-refractivity contribution < 1.29 is 82.7 Å². The van der Waals surface area contributed by atoms with Crippen LogP contribution < -0.4 is 39.3 Å². The van der Waals surface area contributed by atoms with Crippen LogP contribution in [0.3, 0.4) is 0 Å². The van der Waals surface area contributed by atoms with Crippen LogP contribution in [0.1, 0.15) is 0 Å². The predicted molar refractivity (Wildman–Crippen MR) is 17.5 cm³/mol. The maximum atomic E-state index is 8.66. The third-order valence-electron chi connectivity index (χ3n) is 0. The summed E-state index contributed by atoms with van der Waals surface area (Å²) in [7, 11) is -5.14. The van der Waals surface area contributed by atoms with E-state index in [1.807, 2.05) is 0 Å². The van der Waals surface area contributed by atoms with Gasteiger partial charge in [0.2, 0.25) is 0 Å². The van der Waals surface area contributed by atoms with Gasteiger partial charge in [0, 0.05) is 0 Å². The molecule has 0 fully saturated rings. The Balaban J connectivity index is -0.0000000154. The summed E-state index contributed by atoms with van der Waals surface area (Å²) in [5.41, 5.74) is 0. The minimum Gasteiger partial charge on any atom is -0.870 e. The van der Waals surface area contributed by atoms with Gasteiger partial charge in [-0.25, -0.2) is 0 Å². The van der Waals surface area contributed by atoms with E-state index in [9.17, 15) is 0 Å². The fraction of sp³-hybridized carbons (Fsp3) is 0. The SMILES string of the molecule is O=P([O-])([O-])O.[Ca+2].[Mn][Fe].[Na+].[OH-]. The van der Waals surface area contributed by atoms with Crippen molar-refractivity contribution in [1.82, 2.24) is 0 Å². The van der Waals surface area contributed by atoms with Crippen molar-refractivity contribution in [3.63, 3.8) is 0 Å². The summed E-state index contributed by atoms with van der Waals surface area (Å²) in [4.78, 5) is 24.3. The molecule has 0 unspecified atom stereocenters.